The van der Waals surface area contributed by atoms with Crippen molar-refractivity contribution in [2.24, 2.45) is 5.92 Å². The molecule has 3 heterocycles. The fourth-order valence-corrected chi connectivity index (χ4v) is 4.93. The molecular weight excluding hydrogens is 482 g/mol. The lowest BCUT2D eigenvalue weighted by atomic mass is 9.97. The number of aromatic nitrogens is 2. The van der Waals surface area contributed by atoms with Crippen LogP contribution in [0, 0.1) is 12.8 Å². The Morgan fingerprint density at radius 3 is 2.78 bits per heavy atom. The molecule has 3 aromatic rings. The summed E-state index contributed by atoms with van der Waals surface area (Å²) in [5.41, 5.74) is 2.69. The molecule has 0 radical (unpaired) electrons. The Kier molecular flexibility index (Phi) is 6.81. The summed E-state index contributed by atoms with van der Waals surface area (Å²) < 4.78 is 10.6. The molecule has 2 aliphatic heterocycles. The van der Waals surface area contributed by atoms with E-state index in [2.05, 4.69) is 20.8 Å². The number of fused-ring (bicyclic) bond motifs is 1. The number of benzene rings is 2. The molecule has 0 bridgehead atoms. The van der Waals surface area contributed by atoms with E-state index in [-0.39, 0.29) is 34.5 Å². The number of likely N-dealkylation sites (tertiary alicyclic amines) is 1. The first kappa shape index (κ1) is 23.7. The van der Waals surface area contributed by atoms with Crippen LogP contribution >= 0.6 is 11.3 Å². The molecule has 0 unspecified atom stereocenters. The van der Waals surface area contributed by atoms with Crippen LogP contribution in [0.15, 0.2) is 42.5 Å². The Morgan fingerprint density at radius 1 is 1.08 bits per heavy atom. The van der Waals surface area contributed by atoms with Gasteiger partial charge in [0.25, 0.3) is 11.8 Å². The molecule has 2 aromatic carbocycles. The molecule has 3 amide bonds. The van der Waals surface area contributed by atoms with Gasteiger partial charge >= 0.3 is 0 Å². The molecule has 1 saturated heterocycles. The van der Waals surface area contributed by atoms with E-state index in [1.54, 1.807) is 23.1 Å². The van der Waals surface area contributed by atoms with Gasteiger partial charge < -0.3 is 25.0 Å². The topological polar surface area (TPSA) is 123 Å². The van der Waals surface area contributed by atoms with Gasteiger partial charge in [0, 0.05) is 31.4 Å². The maximum Gasteiger partial charge on any atom is 0.286 e. The molecule has 1 aromatic heterocycles. The first-order chi connectivity index (χ1) is 17.5. The van der Waals surface area contributed by atoms with E-state index in [9.17, 15) is 14.4 Å². The summed E-state index contributed by atoms with van der Waals surface area (Å²) in [4.78, 5) is 40.0. The molecule has 186 valence electrons. The Labute approximate surface area is 211 Å². The molecular formula is C25H25N5O5S. The fourth-order valence-electron chi connectivity index (χ4n) is 4.23. The lowest BCUT2D eigenvalue weighted by Gasteiger charge is -2.31. The average molecular weight is 508 g/mol. The van der Waals surface area contributed by atoms with Gasteiger partial charge in [0.1, 0.15) is 0 Å². The molecule has 11 heteroatoms. The number of nitrogens with zero attached hydrogens (tertiary/aromatic N) is 3. The number of anilines is 1. The lowest BCUT2D eigenvalue weighted by Crippen LogP contribution is -2.45. The van der Waals surface area contributed by atoms with Crippen molar-refractivity contribution in [2.45, 2.75) is 26.3 Å². The zero-order valence-electron chi connectivity index (χ0n) is 19.7. The van der Waals surface area contributed by atoms with E-state index in [4.69, 9.17) is 9.47 Å². The summed E-state index contributed by atoms with van der Waals surface area (Å²) in [6.45, 7) is 3.43. The Hall–Kier alpha value is -3.99. The third-order valence-corrected chi connectivity index (χ3v) is 6.97. The van der Waals surface area contributed by atoms with Gasteiger partial charge in [-0.15, -0.1) is 10.2 Å². The predicted octanol–water partition coefficient (Wildman–Crippen LogP) is 3.00. The first-order valence-corrected chi connectivity index (χ1v) is 12.4. The average Bonchev–Trinajstić information content (AvgIpc) is 3.57. The molecule has 2 aliphatic rings. The number of hydrogen-bond acceptors (Lipinski definition) is 8. The number of rotatable bonds is 6. The van der Waals surface area contributed by atoms with Gasteiger partial charge in [-0.3, -0.25) is 14.4 Å². The van der Waals surface area contributed by atoms with Gasteiger partial charge in [0.15, 0.2) is 11.5 Å². The summed E-state index contributed by atoms with van der Waals surface area (Å²) in [6.07, 6.45) is 1.42. The van der Waals surface area contributed by atoms with Crippen LogP contribution < -0.4 is 20.1 Å². The van der Waals surface area contributed by atoms with Crippen LogP contribution in [0.2, 0.25) is 0 Å². The van der Waals surface area contributed by atoms with E-state index in [1.165, 1.54) is 0 Å². The number of piperidine rings is 1. The molecule has 1 fully saturated rings. The molecule has 0 aliphatic carbocycles. The van der Waals surface area contributed by atoms with Crippen LogP contribution in [0.1, 0.15) is 43.6 Å². The largest absolute Gasteiger partial charge is 0.454 e. The van der Waals surface area contributed by atoms with Gasteiger partial charge in [0.05, 0.1) is 5.92 Å². The van der Waals surface area contributed by atoms with Crippen LogP contribution in [0.4, 0.5) is 5.69 Å². The first-order valence-electron chi connectivity index (χ1n) is 11.6. The second kappa shape index (κ2) is 10.3. The maximum atomic E-state index is 13.0. The number of ether oxygens (including phenoxy) is 2. The minimum absolute atomic E-state index is 0.0699. The molecule has 0 saturated carbocycles. The van der Waals surface area contributed by atoms with Crippen LogP contribution in [-0.4, -0.2) is 52.7 Å². The molecule has 0 spiro atoms. The van der Waals surface area contributed by atoms with Gasteiger partial charge in [-0.25, -0.2) is 0 Å². The van der Waals surface area contributed by atoms with Gasteiger partial charge in [0.2, 0.25) is 22.7 Å². The van der Waals surface area contributed by atoms with Crippen molar-refractivity contribution in [3.05, 3.63) is 63.6 Å². The highest BCUT2D eigenvalue weighted by molar-refractivity contribution is 7.15. The van der Waals surface area contributed by atoms with Crippen molar-refractivity contribution in [1.29, 1.82) is 0 Å². The van der Waals surface area contributed by atoms with Gasteiger partial charge in [-0.05, 0) is 37.5 Å². The second-order valence-corrected chi connectivity index (χ2v) is 9.71. The summed E-state index contributed by atoms with van der Waals surface area (Å²) in [6, 6.07) is 13.0. The number of carbonyl (C=O) groups excluding carboxylic acids is 3. The maximum absolute atomic E-state index is 13.0. The number of hydrogen-bond donors (Lipinski definition) is 2. The molecule has 5 rings (SSSR count). The normalized spacial score (nSPS) is 16.5. The highest BCUT2D eigenvalue weighted by Gasteiger charge is 2.31. The van der Waals surface area contributed by atoms with Crippen LogP contribution in [-0.2, 0) is 11.3 Å². The summed E-state index contributed by atoms with van der Waals surface area (Å²) in [7, 11) is 0. The van der Waals surface area contributed by atoms with E-state index in [1.807, 2.05) is 31.2 Å². The summed E-state index contributed by atoms with van der Waals surface area (Å²) in [5.74, 6) is -0.0171. The fraction of sp³-hybridized carbons (Fsp3) is 0.320. The predicted molar refractivity (Wildman–Crippen MR) is 132 cm³/mol. The van der Waals surface area contributed by atoms with Crippen molar-refractivity contribution >= 4 is 34.7 Å². The van der Waals surface area contributed by atoms with Crippen LogP contribution in [0.3, 0.4) is 0 Å². The molecule has 2 N–H and O–H groups in total. The van der Waals surface area contributed by atoms with E-state index >= 15 is 0 Å². The number of carbonyl (C=O) groups is 3. The lowest BCUT2D eigenvalue weighted by molar-refractivity contribution is -0.126. The van der Waals surface area contributed by atoms with Crippen molar-refractivity contribution in [1.82, 2.24) is 20.4 Å². The van der Waals surface area contributed by atoms with Crippen molar-refractivity contribution in [3.8, 4) is 11.5 Å². The molecule has 10 nitrogen and oxygen atoms in total. The third-order valence-electron chi connectivity index (χ3n) is 6.06. The highest BCUT2D eigenvalue weighted by Crippen LogP contribution is 2.34. The van der Waals surface area contributed by atoms with Crippen molar-refractivity contribution < 1.29 is 23.9 Å². The second-order valence-electron chi connectivity index (χ2n) is 8.73. The Balaban J connectivity index is 1.17. The van der Waals surface area contributed by atoms with Gasteiger partial charge in [-0.1, -0.05) is 41.2 Å². The van der Waals surface area contributed by atoms with E-state index < -0.39 is 5.91 Å². The Morgan fingerprint density at radius 2 is 1.92 bits per heavy atom. The third kappa shape index (κ3) is 5.30. The monoisotopic (exact) mass is 507 g/mol. The smallest absolute Gasteiger partial charge is 0.286 e. The zero-order chi connectivity index (χ0) is 25.1. The van der Waals surface area contributed by atoms with Crippen molar-refractivity contribution in [2.75, 3.05) is 25.2 Å². The van der Waals surface area contributed by atoms with Crippen molar-refractivity contribution in [3.63, 3.8) is 0 Å². The minimum atomic E-state index is -0.475. The van der Waals surface area contributed by atoms with Crippen LogP contribution in [0.5, 0.6) is 11.5 Å². The number of amides is 3. The zero-order valence-corrected chi connectivity index (χ0v) is 20.5. The highest BCUT2D eigenvalue weighted by atomic mass is 32.1. The number of nitrogens with one attached hydrogen (secondary N) is 2. The standard InChI is InChI=1S/C25H25N5O5S/c1-15-4-2-5-16(10-15)12-26-21(31)17-6-3-9-30(13-17)25(33)24-29-28-23(36-24)22(32)27-18-7-8-19-20(11-18)35-14-34-19/h2,4-5,7-8,10-11,17H,3,6,9,12-14H2,1H3,(H,26,31)(H,27,32)/t17-/m1/s1. The minimum Gasteiger partial charge on any atom is -0.454 e. The van der Waals surface area contributed by atoms with Crippen LogP contribution in [0.25, 0.3) is 0 Å². The SMILES string of the molecule is Cc1cccc(CNC(=O)[C@@H]2CCCN(C(=O)c3nnc(C(=O)Nc4ccc5c(c4)OCO5)s3)C2)c1. The summed E-state index contributed by atoms with van der Waals surface area (Å²) >= 11 is 0.924. The molecule has 1 atom stereocenters. The Bertz CT molecular complexity index is 1310. The van der Waals surface area contributed by atoms with E-state index in [0.717, 1.165) is 22.5 Å². The molecule has 36 heavy (non-hydrogen) atoms. The van der Waals surface area contributed by atoms with E-state index in [0.29, 0.717) is 49.7 Å². The summed E-state index contributed by atoms with van der Waals surface area (Å²) in [5, 5.41) is 13.7. The number of aryl methyl sites for hydroxylation is 1. The van der Waals surface area contributed by atoms with Gasteiger partial charge in [-0.2, -0.15) is 0 Å². The quantitative estimate of drug-likeness (QED) is 0.526.